The van der Waals surface area contributed by atoms with E-state index in [0.717, 1.165) is 5.56 Å². The highest BCUT2D eigenvalue weighted by atomic mass is 32.2. The first-order chi connectivity index (χ1) is 9.21. The summed E-state index contributed by atoms with van der Waals surface area (Å²) in [5, 5.41) is 8.93. The summed E-state index contributed by atoms with van der Waals surface area (Å²) in [6.07, 6.45) is 0.414. The molecule has 0 radical (unpaired) electrons. The van der Waals surface area contributed by atoms with Crippen LogP contribution in [0.2, 0.25) is 0 Å². The quantitative estimate of drug-likeness (QED) is 0.783. The molecular weight excluding hydrogens is 276 g/mol. The van der Waals surface area contributed by atoms with E-state index >= 15 is 0 Å². The molecule has 0 amide bonds. The Hall–Kier alpha value is -1.11. The Morgan fingerprint density at radius 2 is 1.90 bits per heavy atom. The SMILES string of the molecule is Cc1cc(N)cc(S(=O)(=O)N(CCCO)C(C)C)c1C. The molecule has 0 unspecified atom stereocenters. The summed E-state index contributed by atoms with van der Waals surface area (Å²) < 4.78 is 27.0. The summed E-state index contributed by atoms with van der Waals surface area (Å²) in [4.78, 5) is 0.252. The Bertz CT molecular complexity index is 568. The van der Waals surface area contributed by atoms with Crippen LogP contribution < -0.4 is 5.73 Å². The third kappa shape index (κ3) is 3.50. The highest BCUT2D eigenvalue weighted by Gasteiger charge is 2.28. The summed E-state index contributed by atoms with van der Waals surface area (Å²) in [6.45, 7) is 7.54. The third-order valence-electron chi connectivity index (χ3n) is 3.34. The Morgan fingerprint density at radius 3 is 2.40 bits per heavy atom. The van der Waals surface area contributed by atoms with Gasteiger partial charge in [-0.1, -0.05) is 0 Å². The van der Waals surface area contributed by atoms with E-state index in [1.165, 1.54) is 10.4 Å². The normalized spacial score (nSPS) is 12.3. The summed E-state index contributed by atoms with van der Waals surface area (Å²) >= 11 is 0. The zero-order valence-electron chi connectivity index (χ0n) is 12.5. The molecule has 1 aromatic carbocycles. The lowest BCUT2D eigenvalue weighted by atomic mass is 10.1. The molecule has 1 aromatic rings. The lowest BCUT2D eigenvalue weighted by Gasteiger charge is -2.27. The van der Waals surface area contributed by atoms with E-state index < -0.39 is 10.0 Å². The van der Waals surface area contributed by atoms with Gasteiger partial charge in [-0.2, -0.15) is 4.31 Å². The van der Waals surface area contributed by atoms with Crippen molar-refractivity contribution in [2.75, 3.05) is 18.9 Å². The molecule has 0 saturated heterocycles. The average Bonchev–Trinajstić information content (AvgIpc) is 2.33. The lowest BCUT2D eigenvalue weighted by Crippen LogP contribution is -2.38. The summed E-state index contributed by atoms with van der Waals surface area (Å²) in [7, 11) is -3.61. The van der Waals surface area contributed by atoms with Gasteiger partial charge in [0.15, 0.2) is 0 Å². The van der Waals surface area contributed by atoms with Crippen LogP contribution in [-0.2, 0) is 10.0 Å². The number of aliphatic hydroxyl groups excluding tert-OH is 1. The number of benzene rings is 1. The topological polar surface area (TPSA) is 83.6 Å². The number of rotatable bonds is 6. The maximum absolute atomic E-state index is 12.8. The molecule has 0 aromatic heterocycles. The van der Waals surface area contributed by atoms with Gasteiger partial charge in [0.1, 0.15) is 0 Å². The first kappa shape index (κ1) is 16.9. The van der Waals surface area contributed by atoms with Gasteiger partial charge in [-0.25, -0.2) is 8.42 Å². The van der Waals surface area contributed by atoms with Gasteiger partial charge in [-0.15, -0.1) is 0 Å². The van der Waals surface area contributed by atoms with Gasteiger partial charge in [0.05, 0.1) is 4.90 Å². The number of anilines is 1. The molecule has 1 rings (SSSR count). The molecule has 0 fully saturated rings. The second-order valence-corrected chi connectivity index (χ2v) is 7.11. The van der Waals surface area contributed by atoms with Gasteiger partial charge >= 0.3 is 0 Å². The smallest absolute Gasteiger partial charge is 0.243 e. The number of sulfonamides is 1. The van der Waals surface area contributed by atoms with Gasteiger partial charge in [0, 0.05) is 24.9 Å². The second-order valence-electron chi connectivity index (χ2n) is 5.25. The minimum absolute atomic E-state index is 0.0340. The van der Waals surface area contributed by atoms with Crippen molar-refractivity contribution < 1.29 is 13.5 Å². The van der Waals surface area contributed by atoms with Crippen LogP contribution in [0.4, 0.5) is 5.69 Å². The van der Waals surface area contributed by atoms with Crippen LogP contribution in [0, 0.1) is 13.8 Å². The molecule has 0 aliphatic heterocycles. The maximum atomic E-state index is 12.8. The molecule has 6 heteroatoms. The van der Waals surface area contributed by atoms with Crippen LogP contribution in [0.5, 0.6) is 0 Å². The first-order valence-corrected chi connectivity index (χ1v) is 8.15. The molecule has 0 saturated carbocycles. The summed E-state index contributed by atoms with van der Waals surface area (Å²) in [5.41, 5.74) is 7.79. The number of aliphatic hydroxyl groups is 1. The van der Waals surface area contributed by atoms with Crippen LogP contribution in [0.1, 0.15) is 31.4 Å². The minimum Gasteiger partial charge on any atom is -0.399 e. The van der Waals surface area contributed by atoms with Crippen LogP contribution >= 0.6 is 0 Å². The zero-order chi connectivity index (χ0) is 15.5. The summed E-state index contributed by atoms with van der Waals surface area (Å²) in [6, 6.07) is 3.10. The molecular formula is C14H24N2O3S. The van der Waals surface area contributed by atoms with E-state index in [1.807, 2.05) is 20.8 Å². The fraction of sp³-hybridized carbons (Fsp3) is 0.571. The minimum atomic E-state index is -3.61. The fourth-order valence-electron chi connectivity index (χ4n) is 2.13. The largest absolute Gasteiger partial charge is 0.399 e. The van der Waals surface area contributed by atoms with Crippen molar-refractivity contribution in [3.8, 4) is 0 Å². The van der Waals surface area contributed by atoms with Crippen LogP contribution in [0.3, 0.4) is 0 Å². The molecule has 3 N–H and O–H groups in total. The van der Waals surface area contributed by atoms with Crippen LogP contribution in [-0.4, -0.2) is 37.0 Å². The summed E-state index contributed by atoms with van der Waals surface area (Å²) in [5.74, 6) is 0. The molecule has 0 bridgehead atoms. The van der Waals surface area contributed by atoms with Crippen molar-refractivity contribution in [2.24, 2.45) is 0 Å². The Labute approximate surface area is 121 Å². The van der Waals surface area contributed by atoms with E-state index in [4.69, 9.17) is 10.8 Å². The van der Waals surface area contributed by atoms with Crippen molar-refractivity contribution >= 4 is 15.7 Å². The van der Waals surface area contributed by atoms with Gasteiger partial charge in [0.2, 0.25) is 10.0 Å². The standard InChI is InChI=1S/C14H24N2O3S/c1-10(2)16(6-5-7-17)20(18,19)14-9-13(15)8-11(3)12(14)4/h8-10,17H,5-7,15H2,1-4H3. The number of hydrogen-bond donors (Lipinski definition) is 2. The highest BCUT2D eigenvalue weighted by Crippen LogP contribution is 2.26. The third-order valence-corrected chi connectivity index (χ3v) is 5.54. The molecule has 0 aliphatic rings. The molecule has 0 spiro atoms. The fourth-order valence-corrected chi connectivity index (χ4v) is 4.14. The van der Waals surface area contributed by atoms with E-state index in [9.17, 15) is 8.42 Å². The Balaban J connectivity index is 3.33. The Morgan fingerprint density at radius 1 is 1.30 bits per heavy atom. The predicted octanol–water partition coefficient (Wildman–Crippen LogP) is 1.67. The number of nitrogens with zero attached hydrogens (tertiary/aromatic N) is 1. The lowest BCUT2D eigenvalue weighted by molar-refractivity contribution is 0.258. The monoisotopic (exact) mass is 300 g/mol. The maximum Gasteiger partial charge on any atom is 0.243 e. The molecule has 0 aliphatic carbocycles. The zero-order valence-corrected chi connectivity index (χ0v) is 13.4. The van der Waals surface area contributed by atoms with Gasteiger partial charge < -0.3 is 10.8 Å². The van der Waals surface area contributed by atoms with Crippen LogP contribution in [0.25, 0.3) is 0 Å². The molecule has 0 atom stereocenters. The van der Waals surface area contributed by atoms with Crippen molar-refractivity contribution in [1.82, 2.24) is 4.31 Å². The molecule has 5 nitrogen and oxygen atoms in total. The van der Waals surface area contributed by atoms with Gasteiger partial charge in [-0.05, 0) is 57.4 Å². The van der Waals surface area contributed by atoms with Crippen molar-refractivity contribution in [1.29, 1.82) is 0 Å². The Kier molecular flexibility index (Phi) is 5.56. The predicted molar refractivity (Wildman–Crippen MR) is 81.1 cm³/mol. The molecule has 0 heterocycles. The number of aryl methyl sites for hydroxylation is 1. The number of nitrogens with two attached hydrogens (primary N) is 1. The van der Waals surface area contributed by atoms with Gasteiger partial charge in [-0.3, -0.25) is 0 Å². The average molecular weight is 300 g/mol. The van der Waals surface area contributed by atoms with Crippen LogP contribution in [0.15, 0.2) is 17.0 Å². The van der Waals surface area contributed by atoms with E-state index in [1.54, 1.807) is 13.0 Å². The van der Waals surface area contributed by atoms with E-state index in [-0.39, 0.29) is 17.5 Å². The second kappa shape index (κ2) is 6.56. The number of hydrogen-bond acceptors (Lipinski definition) is 4. The van der Waals surface area contributed by atoms with Crippen molar-refractivity contribution in [3.05, 3.63) is 23.3 Å². The van der Waals surface area contributed by atoms with Gasteiger partial charge in [0.25, 0.3) is 0 Å². The van der Waals surface area contributed by atoms with E-state index in [0.29, 0.717) is 24.2 Å². The van der Waals surface area contributed by atoms with E-state index in [2.05, 4.69) is 0 Å². The highest BCUT2D eigenvalue weighted by molar-refractivity contribution is 7.89. The van der Waals surface area contributed by atoms with Crippen molar-refractivity contribution in [2.45, 2.75) is 45.1 Å². The first-order valence-electron chi connectivity index (χ1n) is 6.71. The van der Waals surface area contributed by atoms with Crippen molar-refractivity contribution in [3.63, 3.8) is 0 Å². The molecule has 114 valence electrons. The molecule has 20 heavy (non-hydrogen) atoms. The number of nitrogen functional groups attached to an aromatic ring is 1.